The van der Waals surface area contributed by atoms with Crippen molar-refractivity contribution in [1.29, 1.82) is 5.26 Å². The molecule has 1 heterocycles. The molecule has 6 heteroatoms. The Morgan fingerprint density at radius 3 is 2.47 bits per heavy atom. The molecule has 1 rings (SSSR count). The third-order valence-electron chi connectivity index (χ3n) is 2.89. The quantitative estimate of drug-likeness (QED) is 0.678. The molecule has 1 saturated heterocycles. The van der Waals surface area contributed by atoms with Gasteiger partial charge in [-0.3, -0.25) is 0 Å². The lowest BCUT2D eigenvalue weighted by molar-refractivity contribution is 0.198. The summed E-state index contributed by atoms with van der Waals surface area (Å²) in [5, 5.41) is 8.43. The molecule has 0 atom stereocenters. The largest absolute Gasteiger partial charge is 0.306 e. The molecule has 15 heavy (non-hydrogen) atoms. The van der Waals surface area contributed by atoms with Crippen molar-refractivity contribution in [2.45, 2.75) is 18.9 Å². The molecule has 0 spiro atoms. The van der Waals surface area contributed by atoms with Crippen LogP contribution in [-0.2, 0) is 10.0 Å². The van der Waals surface area contributed by atoms with Crippen LogP contribution in [0, 0.1) is 11.3 Å². The van der Waals surface area contributed by atoms with Crippen LogP contribution in [0.15, 0.2) is 0 Å². The molecule has 0 aromatic carbocycles. The summed E-state index contributed by atoms with van der Waals surface area (Å²) in [5.41, 5.74) is 0. The first-order valence-electron chi connectivity index (χ1n) is 4.98. The van der Waals surface area contributed by atoms with E-state index >= 15 is 0 Å². The second-order valence-electron chi connectivity index (χ2n) is 3.96. The van der Waals surface area contributed by atoms with Crippen molar-refractivity contribution < 1.29 is 8.42 Å². The van der Waals surface area contributed by atoms with Crippen molar-refractivity contribution in [3.05, 3.63) is 0 Å². The smallest absolute Gasteiger partial charge is 0.227 e. The molecule has 0 amide bonds. The van der Waals surface area contributed by atoms with Gasteiger partial charge in [-0.05, 0) is 33.0 Å². The van der Waals surface area contributed by atoms with Gasteiger partial charge in [0.1, 0.15) is 0 Å². The van der Waals surface area contributed by atoms with Crippen LogP contribution < -0.4 is 0 Å². The average Bonchev–Trinajstić information content (AvgIpc) is 2.18. The molecule has 5 nitrogen and oxygen atoms in total. The van der Waals surface area contributed by atoms with Crippen molar-refractivity contribution >= 4 is 10.0 Å². The third kappa shape index (κ3) is 3.16. The number of rotatable bonds is 3. The molecule has 0 unspecified atom stereocenters. The molecule has 0 aromatic rings. The van der Waals surface area contributed by atoms with Gasteiger partial charge in [-0.15, -0.1) is 0 Å². The molecular weight excluding hydrogens is 214 g/mol. The van der Waals surface area contributed by atoms with Crippen molar-refractivity contribution in [1.82, 2.24) is 9.21 Å². The molecule has 0 radical (unpaired) electrons. The van der Waals surface area contributed by atoms with Crippen LogP contribution in [0.4, 0.5) is 0 Å². The molecule has 86 valence electrons. The molecule has 0 aliphatic carbocycles. The van der Waals surface area contributed by atoms with E-state index < -0.39 is 15.8 Å². The Balaban J connectivity index is 2.62. The number of sulfonamides is 1. The SMILES string of the molecule is CN1CCC(N(C)S(=O)(=O)CC#N)CC1. The fraction of sp³-hybridized carbons (Fsp3) is 0.889. The highest BCUT2D eigenvalue weighted by atomic mass is 32.2. The van der Waals surface area contributed by atoms with Crippen LogP contribution in [0.5, 0.6) is 0 Å². The summed E-state index contributed by atoms with van der Waals surface area (Å²) in [6.45, 7) is 1.83. The fourth-order valence-electron chi connectivity index (χ4n) is 1.77. The lowest BCUT2D eigenvalue weighted by atomic mass is 10.1. The van der Waals surface area contributed by atoms with Gasteiger partial charge in [-0.2, -0.15) is 5.26 Å². The lowest BCUT2D eigenvalue weighted by Gasteiger charge is -2.33. The summed E-state index contributed by atoms with van der Waals surface area (Å²) in [6.07, 6.45) is 1.69. The molecular formula is C9H17N3O2S. The molecule has 0 N–H and O–H groups in total. The molecule has 1 aliphatic heterocycles. The first kappa shape index (κ1) is 12.4. The zero-order chi connectivity index (χ0) is 11.5. The maximum Gasteiger partial charge on any atom is 0.227 e. The van der Waals surface area contributed by atoms with Crippen LogP contribution in [0.3, 0.4) is 0 Å². The lowest BCUT2D eigenvalue weighted by Crippen LogP contribution is -2.45. The Morgan fingerprint density at radius 1 is 1.47 bits per heavy atom. The number of likely N-dealkylation sites (tertiary alicyclic amines) is 1. The van der Waals surface area contributed by atoms with Crippen molar-refractivity contribution in [3.63, 3.8) is 0 Å². The normalized spacial score (nSPS) is 20.4. The highest BCUT2D eigenvalue weighted by molar-refractivity contribution is 7.89. The van der Waals surface area contributed by atoms with Gasteiger partial charge in [0.05, 0.1) is 6.07 Å². The summed E-state index contributed by atoms with van der Waals surface area (Å²) in [6, 6.07) is 1.75. The average molecular weight is 231 g/mol. The van der Waals surface area contributed by atoms with Gasteiger partial charge < -0.3 is 4.90 Å². The van der Waals surface area contributed by atoms with Crippen LogP contribution in [0.1, 0.15) is 12.8 Å². The molecule has 0 bridgehead atoms. The van der Waals surface area contributed by atoms with Crippen molar-refractivity contribution in [2.75, 3.05) is 32.9 Å². The summed E-state index contributed by atoms with van der Waals surface area (Å²) in [4.78, 5) is 2.18. The Bertz CT molecular complexity index is 339. The van der Waals surface area contributed by atoms with E-state index in [4.69, 9.17) is 5.26 Å². The van der Waals surface area contributed by atoms with Crippen LogP contribution in [0.2, 0.25) is 0 Å². The minimum atomic E-state index is -3.37. The first-order valence-corrected chi connectivity index (χ1v) is 6.59. The highest BCUT2D eigenvalue weighted by Gasteiger charge is 2.28. The van der Waals surface area contributed by atoms with Gasteiger partial charge >= 0.3 is 0 Å². The number of piperidine rings is 1. The van der Waals surface area contributed by atoms with Gasteiger partial charge in [0.25, 0.3) is 0 Å². The van der Waals surface area contributed by atoms with Crippen LogP contribution in [0.25, 0.3) is 0 Å². The Labute approximate surface area is 91.3 Å². The minimum Gasteiger partial charge on any atom is -0.306 e. The van der Waals surface area contributed by atoms with Gasteiger partial charge in [-0.25, -0.2) is 12.7 Å². The molecule has 0 saturated carbocycles. The van der Waals surface area contributed by atoms with E-state index in [1.807, 2.05) is 7.05 Å². The maximum atomic E-state index is 11.6. The minimum absolute atomic E-state index is 0.0551. The summed E-state index contributed by atoms with van der Waals surface area (Å²) >= 11 is 0. The third-order valence-corrected chi connectivity index (χ3v) is 4.56. The zero-order valence-electron chi connectivity index (χ0n) is 9.18. The second kappa shape index (κ2) is 4.92. The van der Waals surface area contributed by atoms with Crippen molar-refractivity contribution in [2.24, 2.45) is 0 Å². The Kier molecular flexibility index (Phi) is 4.08. The predicted octanol–water partition coefficient (Wildman–Crippen LogP) is -0.134. The summed E-state index contributed by atoms with van der Waals surface area (Å²) in [5.74, 6) is -0.421. The number of hydrogen-bond donors (Lipinski definition) is 0. The van der Waals surface area contributed by atoms with Gasteiger partial charge in [-0.1, -0.05) is 0 Å². The fourth-order valence-corrected chi connectivity index (χ4v) is 2.80. The first-order chi connectivity index (χ1) is 6.97. The Hall–Kier alpha value is -0.640. The Morgan fingerprint density at radius 2 is 2.00 bits per heavy atom. The number of hydrogen-bond acceptors (Lipinski definition) is 4. The van der Waals surface area contributed by atoms with E-state index in [2.05, 4.69) is 4.90 Å². The monoisotopic (exact) mass is 231 g/mol. The molecule has 0 aromatic heterocycles. The standard InChI is InChI=1S/C9H17N3O2S/c1-11-6-3-9(4-7-11)12(2)15(13,14)8-5-10/h9H,3-4,6-8H2,1-2H3. The highest BCUT2D eigenvalue weighted by Crippen LogP contribution is 2.16. The molecule has 1 fully saturated rings. The topological polar surface area (TPSA) is 64.4 Å². The van der Waals surface area contributed by atoms with Gasteiger partial charge in [0.15, 0.2) is 5.75 Å². The van der Waals surface area contributed by atoms with Crippen LogP contribution in [-0.4, -0.2) is 56.6 Å². The van der Waals surface area contributed by atoms with E-state index in [1.165, 1.54) is 4.31 Å². The van der Waals surface area contributed by atoms with E-state index in [-0.39, 0.29) is 6.04 Å². The van der Waals surface area contributed by atoms with E-state index in [9.17, 15) is 8.42 Å². The van der Waals surface area contributed by atoms with Gasteiger partial charge in [0, 0.05) is 13.1 Å². The van der Waals surface area contributed by atoms with E-state index in [0.29, 0.717) is 0 Å². The number of nitrogens with zero attached hydrogens (tertiary/aromatic N) is 3. The number of nitriles is 1. The summed E-state index contributed by atoms with van der Waals surface area (Å²) < 4.78 is 24.6. The maximum absolute atomic E-state index is 11.6. The van der Waals surface area contributed by atoms with Crippen molar-refractivity contribution in [3.8, 4) is 6.07 Å². The van der Waals surface area contributed by atoms with Crippen LogP contribution >= 0.6 is 0 Å². The predicted molar refractivity (Wildman–Crippen MR) is 57.7 cm³/mol. The van der Waals surface area contributed by atoms with E-state index in [1.54, 1.807) is 13.1 Å². The van der Waals surface area contributed by atoms with E-state index in [0.717, 1.165) is 25.9 Å². The van der Waals surface area contributed by atoms with Gasteiger partial charge in [0.2, 0.25) is 10.0 Å². The second-order valence-corrected chi connectivity index (χ2v) is 5.99. The summed E-state index contributed by atoms with van der Waals surface area (Å²) in [7, 11) is 0.226. The zero-order valence-corrected chi connectivity index (χ0v) is 10.00. The molecule has 1 aliphatic rings.